The number of carbonyl (C=O) groups is 2. The first-order chi connectivity index (χ1) is 15.7. The average Bonchev–Trinajstić information content (AvgIpc) is 3.22. The highest BCUT2D eigenvalue weighted by Gasteiger charge is 2.36. The van der Waals surface area contributed by atoms with Crippen molar-refractivity contribution in [3.8, 4) is 0 Å². The van der Waals surface area contributed by atoms with Crippen LogP contribution in [0.4, 0.5) is 5.00 Å². The van der Waals surface area contributed by atoms with Gasteiger partial charge in [-0.2, -0.15) is 9.40 Å². The molecule has 2 aliphatic rings. The molecule has 2 aromatic heterocycles. The average molecular weight is 495 g/mol. The van der Waals surface area contributed by atoms with Crippen LogP contribution in [-0.4, -0.2) is 54.6 Å². The molecule has 0 aromatic carbocycles. The highest BCUT2D eigenvalue weighted by Crippen LogP contribution is 2.38. The fourth-order valence-corrected chi connectivity index (χ4v) is 7.60. The summed E-state index contributed by atoms with van der Waals surface area (Å²) in [5.41, 5.74) is 2.00. The third kappa shape index (κ3) is 4.58. The van der Waals surface area contributed by atoms with Crippen LogP contribution in [0.25, 0.3) is 0 Å². The van der Waals surface area contributed by atoms with Gasteiger partial charge in [0.2, 0.25) is 15.9 Å². The fraction of sp³-hybridized carbons (Fsp3) is 0.591. The Labute approximate surface area is 198 Å². The lowest BCUT2D eigenvalue weighted by Gasteiger charge is -2.31. The molecule has 11 heteroatoms. The van der Waals surface area contributed by atoms with Crippen LogP contribution in [-0.2, 0) is 39.4 Å². The van der Waals surface area contributed by atoms with Gasteiger partial charge in [-0.3, -0.25) is 9.48 Å². The highest BCUT2D eigenvalue weighted by molar-refractivity contribution is 7.89. The first kappa shape index (κ1) is 23.9. The van der Waals surface area contributed by atoms with Gasteiger partial charge < -0.3 is 10.1 Å². The van der Waals surface area contributed by atoms with Crippen LogP contribution >= 0.6 is 11.3 Å². The lowest BCUT2D eigenvalue weighted by molar-refractivity contribution is -0.120. The second-order valence-electron chi connectivity index (χ2n) is 8.67. The number of methoxy groups -OCH3 is 1. The molecular weight excluding hydrogens is 464 g/mol. The topological polar surface area (TPSA) is 111 Å². The Kier molecular flexibility index (Phi) is 6.92. The summed E-state index contributed by atoms with van der Waals surface area (Å²) in [6, 6.07) is 0. The molecule has 1 aliphatic heterocycles. The predicted octanol–water partition coefficient (Wildman–Crippen LogP) is 2.88. The zero-order valence-corrected chi connectivity index (χ0v) is 20.9. The van der Waals surface area contributed by atoms with E-state index >= 15 is 0 Å². The van der Waals surface area contributed by atoms with Gasteiger partial charge in [-0.1, -0.05) is 6.42 Å². The number of ether oxygens (including phenoxy) is 1. The van der Waals surface area contributed by atoms with Crippen molar-refractivity contribution < 1.29 is 22.7 Å². The quantitative estimate of drug-likeness (QED) is 0.506. The van der Waals surface area contributed by atoms with E-state index in [2.05, 4.69) is 10.4 Å². The van der Waals surface area contributed by atoms with E-state index < -0.39 is 21.9 Å². The molecule has 180 valence electrons. The highest BCUT2D eigenvalue weighted by atomic mass is 32.2. The lowest BCUT2D eigenvalue weighted by atomic mass is 9.98. The largest absolute Gasteiger partial charge is 0.465 e. The number of rotatable bonds is 5. The molecule has 1 amide bonds. The SMILES string of the molecule is COC(=O)c1c(NC(=O)[C@H]2CCCN(S(=O)(=O)c3cnn(C)c3C)C2)sc2c1CCCCC2. The van der Waals surface area contributed by atoms with Crippen molar-refractivity contribution in [3.05, 3.63) is 27.9 Å². The van der Waals surface area contributed by atoms with E-state index in [9.17, 15) is 18.0 Å². The Morgan fingerprint density at radius 1 is 1.21 bits per heavy atom. The number of fused-ring (bicyclic) bond motifs is 1. The Balaban J connectivity index is 1.55. The number of hydrogen-bond donors (Lipinski definition) is 1. The van der Waals surface area contributed by atoms with E-state index in [-0.39, 0.29) is 17.3 Å². The minimum atomic E-state index is -3.74. The molecule has 0 spiro atoms. The maximum Gasteiger partial charge on any atom is 0.341 e. The van der Waals surface area contributed by atoms with Crippen LogP contribution in [0, 0.1) is 12.8 Å². The number of nitrogens with one attached hydrogen (secondary N) is 1. The number of hydrogen-bond acceptors (Lipinski definition) is 7. The number of aryl methyl sites for hydroxylation is 2. The Hall–Kier alpha value is -2.24. The summed E-state index contributed by atoms with van der Waals surface area (Å²) >= 11 is 1.44. The van der Waals surface area contributed by atoms with Crippen LogP contribution in [0.3, 0.4) is 0 Å². The van der Waals surface area contributed by atoms with E-state index in [0.717, 1.165) is 42.5 Å². The number of nitrogens with zero attached hydrogens (tertiary/aromatic N) is 3. The van der Waals surface area contributed by atoms with Gasteiger partial charge in [-0.15, -0.1) is 11.3 Å². The molecular formula is C22H30N4O5S2. The summed E-state index contributed by atoms with van der Waals surface area (Å²) < 4.78 is 34.3. The van der Waals surface area contributed by atoms with Crippen LogP contribution in [0.1, 0.15) is 58.6 Å². The summed E-state index contributed by atoms with van der Waals surface area (Å²) in [6.45, 7) is 2.17. The van der Waals surface area contributed by atoms with Crippen molar-refractivity contribution in [1.82, 2.24) is 14.1 Å². The van der Waals surface area contributed by atoms with Crippen molar-refractivity contribution >= 4 is 38.2 Å². The van der Waals surface area contributed by atoms with Crippen LogP contribution in [0.5, 0.6) is 0 Å². The summed E-state index contributed by atoms with van der Waals surface area (Å²) in [7, 11) is -0.702. The molecule has 3 heterocycles. The Bertz CT molecular complexity index is 1170. The Morgan fingerprint density at radius 2 is 1.97 bits per heavy atom. The normalized spacial score (nSPS) is 19.5. The summed E-state index contributed by atoms with van der Waals surface area (Å²) in [5.74, 6) is -1.21. The number of thiophene rings is 1. The standard InChI is InChI=1S/C22H30N4O5S2/c1-14-18(12-23-25(14)2)33(29,30)26-11-7-8-15(13-26)20(27)24-21-19(22(28)31-3)16-9-5-4-6-10-17(16)32-21/h12,15H,4-11,13H2,1-3H3,(H,24,27)/t15-/m0/s1. The van der Waals surface area contributed by atoms with Crippen molar-refractivity contribution in [2.75, 3.05) is 25.5 Å². The first-order valence-electron chi connectivity index (χ1n) is 11.3. The number of carbonyl (C=O) groups excluding carboxylic acids is 2. The van der Waals surface area contributed by atoms with Gasteiger partial charge in [0.25, 0.3) is 0 Å². The lowest BCUT2D eigenvalue weighted by Crippen LogP contribution is -2.43. The predicted molar refractivity (Wildman–Crippen MR) is 125 cm³/mol. The number of anilines is 1. The van der Waals surface area contributed by atoms with Crippen molar-refractivity contribution in [2.45, 2.75) is 56.8 Å². The molecule has 1 aliphatic carbocycles. The third-order valence-corrected chi connectivity index (χ3v) is 9.79. The van der Waals surface area contributed by atoms with Crippen molar-refractivity contribution in [2.24, 2.45) is 13.0 Å². The smallest absolute Gasteiger partial charge is 0.341 e. The molecule has 0 radical (unpaired) electrons. The molecule has 1 fully saturated rings. The number of esters is 1. The molecule has 0 unspecified atom stereocenters. The maximum atomic E-state index is 13.2. The third-order valence-electron chi connectivity index (χ3n) is 6.61. The fourth-order valence-electron chi connectivity index (χ4n) is 4.61. The van der Waals surface area contributed by atoms with E-state index in [1.165, 1.54) is 33.6 Å². The monoisotopic (exact) mass is 494 g/mol. The van der Waals surface area contributed by atoms with Gasteiger partial charge in [0.1, 0.15) is 9.90 Å². The number of aromatic nitrogens is 2. The number of amides is 1. The number of sulfonamides is 1. The maximum absolute atomic E-state index is 13.2. The summed E-state index contributed by atoms with van der Waals surface area (Å²) in [6.07, 6.45) is 7.40. The molecule has 1 atom stereocenters. The first-order valence-corrected chi connectivity index (χ1v) is 13.5. The minimum Gasteiger partial charge on any atom is -0.465 e. The Morgan fingerprint density at radius 3 is 2.67 bits per heavy atom. The van der Waals surface area contributed by atoms with Crippen molar-refractivity contribution in [1.29, 1.82) is 0 Å². The summed E-state index contributed by atoms with van der Waals surface area (Å²) in [4.78, 5) is 27.0. The van der Waals surface area contributed by atoms with Gasteiger partial charge in [0.05, 0.1) is 30.5 Å². The molecule has 1 saturated heterocycles. The number of piperidine rings is 1. The second kappa shape index (κ2) is 9.55. The molecule has 0 saturated carbocycles. The van der Waals surface area contributed by atoms with E-state index in [0.29, 0.717) is 35.6 Å². The van der Waals surface area contributed by atoms with E-state index in [4.69, 9.17) is 4.74 Å². The van der Waals surface area contributed by atoms with Gasteiger partial charge in [0.15, 0.2) is 0 Å². The van der Waals surface area contributed by atoms with Gasteiger partial charge >= 0.3 is 5.97 Å². The molecule has 33 heavy (non-hydrogen) atoms. The molecule has 0 bridgehead atoms. The zero-order valence-electron chi connectivity index (χ0n) is 19.2. The van der Waals surface area contributed by atoms with Crippen LogP contribution < -0.4 is 5.32 Å². The van der Waals surface area contributed by atoms with Gasteiger partial charge in [-0.25, -0.2) is 13.2 Å². The molecule has 4 rings (SSSR count). The van der Waals surface area contributed by atoms with Crippen LogP contribution in [0.15, 0.2) is 11.1 Å². The second-order valence-corrected chi connectivity index (χ2v) is 11.7. The van der Waals surface area contributed by atoms with Crippen molar-refractivity contribution in [3.63, 3.8) is 0 Å². The molecule has 2 aromatic rings. The van der Waals surface area contributed by atoms with E-state index in [1.54, 1.807) is 14.0 Å². The molecule has 1 N–H and O–H groups in total. The van der Waals surface area contributed by atoms with Gasteiger partial charge in [0, 0.05) is 25.0 Å². The van der Waals surface area contributed by atoms with Gasteiger partial charge in [-0.05, 0) is 51.0 Å². The van der Waals surface area contributed by atoms with E-state index in [1.807, 2.05) is 0 Å². The molecule has 9 nitrogen and oxygen atoms in total. The summed E-state index contributed by atoms with van der Waals surface area (Å²) in [5, 5.41) is 7.51. The zero-order chi connectivity index (χ0) is 23.8. The van der Waals surface area contributed by atoms with Crippen LogP contribution in [0.2, 0.25) is 0 Å². The minimum absolute atomic E-state index is 0.0984.